The fourth-order valence-electron chi connectivity index (χ4n) is 2.78. The predicted molar refractivity (Wildman–Crippen MR) is 128 cm³/mol. The first kappa shape index (κ1) is 26.0. The van der Waals surface area contributed by atoms with E-state index in [9.17, 15) is 13.5 Å². The fourth-order valence-corrected chi connectivity index (χ4v) is 6.60. The summed E-state index contributed by atoms with van der Waals surface area (Å²) in [7, 11) is -3.88. The summed E-state index contributed by atoms with van der Waals surface area (Å²) < 4.78 is 26.5. The van der Waals surface area contributed by atoms with Gasteiger partial charge in [-0.25, -0.2) is 24.1 Å². The van der Waals surface area contributed by atoms with Gasteiger partial charge in [-0.05, 0) is 26.0 Å². The highest BCUT2D eigenvalue weighted by atomic mass is 32.2. The Hall–Kier alpha value is -2.29. The highest BCUT2D eigenvalue weighted by Crippen LogP contribution is 2.41. The van der Waals surface area contributed by atoms with Gasteiger partial charge in [0.05, 0.1) is 0 Å². The van der Waals surface area contributed by atoms with Gasteiger partial charge in [0.25, 0.3) is 10.0 Å². The minimum Gasteiger partial charge on any atom is -0.504 e. The second-order valence-corrected chi connectivity index (χ2v) is 11.0. The molecule has 0 radical (unpaired) electrons. The number of nitrogens with two attached hydrogens (primary N) is 1. The zero-order valence-electron chi connectivity index (χ0n) is 18.2. The molecule has 0 spiro atoms. The van der Waals surface area contributed by atoms with Gasteiger partial charge in [-0.3, -0.25) is 4.99 Å². The SMILES string of the molecule is C=C(C)[C@@H](N=C(N)C(=Nc1csc(S(=O)(=O)N(CC)CC)c1O)NOO)c1ccc(C)s1. The van der Waals surface area contributed by atoms with Gasteiger partial charge in [-0.2, -0.15) is 4.31 Å². The summed E-state index contributed by atoms with van der Waals surface area (Å²) in [6.45, 7) is 11.6. The van der Waals surface area contributed by atoms with Crippen LogP contribution in [0.4, 0.5) is 5.69 Å². The first-order chi connectivity index (χ1) is 15.1. The van der Waals surface area contributed by atoms with Crippen molar-refractivity contribution in [3.05, 3.63) is 39.4 Å². The maximum atomic E-state index is 12.7. The molecular formula is C19H27N5O5S3. The van der Waals surface area contributed by atoms with E-state index in [0.717, 1.165) is 26.7 Å². The van der Waals surface area contributed by atoms with Gasteiger partial charge in [-0.1, -0.05) is 26.0 Å². The molecule has 2 rings (SSSR count). The van der Waals surface area contributed by atoms with Gasteiger partial charge >= 0.3 is 0 Å². The molecule has 0 fully saturated rings. The van der Waals surface area contributed by atoms with E-state index in [4.69, 9.17) is 11.0 Å². The van der Waals surface area contributed by atoms with Crippen LogP contribution in [0.5, 0.6) is 5.75 Å². The van der Waals surface area contributed by atoms with Gasteiger partial charge in [0, 0.05) is 28.2 Å². The molecule has 32 heavy (non-hydrogen) atoms. The molecule has 176 valence electrons. The van der Waals surface area contributed by atoms with E-state index in [1.54, 1.807) is 20.8 Å². The van der Waals surface area contributed by atoms with Gasteiger partial charge in [0.2, 0.25) is 0 Å². The molecule has 0 aromatic carbocycles. The average Bonchev–Trinajstić information content (AvgIpc) is 3.32. The third-order valence-electron chi connectivity index (χ3n) is 4.38. The number of hydroxylamine groups is 1. The summed E-state index contributed by atoms with van der Waals surface area (Å²) in [5.41, 5.74) is 8.86. The van der Waals surface area contributed by atoms with Crippen molar-refractivity contribution in [1.29, 1.82) is 0 Å². The number of rotatable bonds is 9. The highest BCUT2D eigenvalue weighted by Gasteiger charge is 2.29. The van der Waals surface area contributed by atoms with Crippen LogP contribution in [-0.4, -0.2) is 47.8 Å². The minimum absolute atomic E-state index is 0.0720. The zero-order valence-corrected chi connectivity index (χ0v) is 20.6. The predicted octanol–water partition coefficient (Wildman–Crippen LogP) is 3.55. The lowest BCUT2D eigenvalue weighted by Crippen LogP contribution is -2.36. The van der Waals surface area contributed by atoms with Crippen molar-refractivity contribution in [2.75, 3.05) is 13.1 Å². The van der Waals surface area contributed by atoms with E-state index in [1.807, 2.05) is 19.1 Å². The molecule has 10 nitrogen and oxygen atoms in total. The Bertz CT molecular complexity index is 1120. The number of aliphatic imine (C=N–C) groups is 2. The lowest BCUT2D eigenvalue weighted by atomic mass is 10.1. The van der Waals surface area contributed by atoms with Crippen LogP contribution in [0.2, 0.25) is 0 Å². The van der Waals surface area contributed by atoms with E-state index < -0.39 is 21.8 Å². The number of nitrogens with one attached hydrogen (secondary N) is 1. The Balaban J connectivity index is 2.48. The van der Waals surface area contributed by atoms with Crippen LogP contribution in [0.1, 0.15) is 36.6 Å². The van der Waals surface area contributed by atoms with Crippen LogP contribution in [0.15, 0.2) is 43.9 Å². The lowest BCUT2D eigenvalue weighted by molar-refractivity contribution is -0.273. The highest BCUT2D eigenvalue weighted by molar-refractivity contribution is 7.91. The first-order valence-electron chi connectivity index (χ1n) is 9.57. The molecule has 2 aromatic rings. The smallest absolute Gasteiger partial charge is 0.256 e. The number of sulfonamides is 1. The van der Waals surface area contributed by atoms with Crippen LogP contribution < -0.4 is 11.2 Å². The second kappa shape index (κ2) is 11.0. The zero-order chi connectivity index (χ0) is 24.1. The summed E-state index contributed by atoms with van der Waals surface area (Å²) in [5, 5.41) is 20.8. The molecule has 2 heterocycles. The van der Waals surface area contributed by atoms with Crippen molar-refractivity contribution in [2.45, 2.75) is 37.9 Å². The van der Waals surface area contributed by atoms with E-state index >= 15 is 0 Å². The Labute approximate surface area is 195 Å². The Morgan fingerprint density at radius 3 is 2.53 bits per heavy atom. The molecule has 0 aliphatic carbocycles. The maximum Gasteiger partial charge on any atom is 0.256 e. The van der Waals surface area contributed by atoms with Crippen LogP contribution >= 0.6 is 22.7 Å². The fraction of sp³-hybridized carbons (Fsp3) is 0.368. The van der Waals surface area contributed by atoms with E-state index in [2.05, 4.69) is 27.0 Å². The quantitative estimate of drug-likeness (QED) is 0.135. The van der Waals surface area contributed by atoms with Crippen LogP contribution in [0.25, 0.3) is 0 Å². The van der Waals surface area contributed by atoms with E-state index in [1.165, 1.54) is 21.0 Å². The molecule has 0 saturated heterocycles. The maximum absolute atomic E-state index is 12.7. The number of amidine groups is 2. The Kier molecular flexibility index (Phi) is 8.95. The number of aromatic hydroxyl groups is 1. The largest absolute Gasteiger partial charge is 0.504 e. The molecular weight excluding hydrogens is 474 g/mol. The standard InChI is InChI=1S/C19H27N5O5S3/c1-6-24(7-2)32(27,28)19-16(25)13(10-30-19)21-18(23-29-26)17(20)22-15(11(3)4)14-9-8-12(5)31-14/h8-10,15,25-26H,3,6-7H2,1-2,4-5H3,(H2,20,22)(H,21,23)/t15-/m1/s1. The molecule has 0 saturated carbocycles. The molecule has 0 aliphatic heterocycles. The normalized spacial score (nSPS) is 14.1. The summed E-state index contributed by atoms with van der Waals surface area (Å²) in [6, 6.07) is 3.40. The van der Waals surface area contributed by atoms with E-state index in [0.29, 0.717) is 0 Å². The number of nitrogens with zero attached hydrogens (tertiary/aromatic N) is 3. The minimum atomic E-state index is -3.88. The van der Waals surface area contributed by atoms with E-state index in [-0.39, 0.29) is 34.7 Å². The molecule has 1 atom stereocenters. The molecule has 5 N–H and O–H groups in total. The van der Waals surface area contributed by atoms with Crippen molar-refractivity contribution >= 4 is 50.1 Å². The van der Waals surface area contributed by atoms with Crippen molar-refractivity contribution in [2.24, 2.45) is 15.7 Å². The number of hydrogen-bond acceptors (Lipinski definition) is 9. The van der Waals surface area contributed by atoms with Crippen molar-refractivity contribution in [1.82, 2.24) is 9.79 Å². The van der Waals surface area contributed by atoms with Crippen molar-refractivity contribution in [3.63, 3.8) is 0 Å². The summed E-state index contributed by atoms with van der Waals surface area (Å²) in [4.78, 5) is 14.5. The van der Waals surface area contributed by atoms with Gasteiger partial charge in [0.1, 0.15) is 11.7 Å². The molecule has 0 amide bonds. The Morgan fingerprint density at radius 1 is 1.38 bits per heavy atom. The summed E-state index contributed by atoms with van der Waals surface area (Å²) in [6.07, 6.45) is 0. The third-order valence-corrected chi connectivity index (χ3v) is 8.96. The van der Waals surface area contributed by atoms with Crippen LogP contribution in [-0.2, 0) is 15.0 Å². The summed E-state index contributed by atoms with van der Waals surface area (Å²) >= 11 is 2.36. The number of aryl methyl sites for hydroxylation is 1. The first-order valence-corrected chi connectivity index (χ1v) is 12.7. The molecule has 13 heteroatoms. The average molecular weight is 502 g/mol. The lowest BCUT2D eigenvalue weighted by Gasteiger charge is -2.17. The topological polar surface area (TPSA) is 150 Å². The number of hydrogen-bond donors (Lipinski definition) is 4. The summed E-state index contributed by atoms with van der Waals surface area (Å²) in [5.74, 6) is -0.888. The molecule has 0 aliphatic rings. The Morgan fingerprint density at radius 2 is 2.03 bits per heavy atom. The van der Waals surface area contributed by atoms with Crippen LogP contribution in [0.3, 0.4) is 0 Å². The van der Waals surface area contributed by atoms with Crippen molar-refractivity contribution in [3.8, 4) is 5.75 Å². The van der Waals surface area contributed by atoms with Crippen LogP contribution in [0, 0.1) is 6.92 Å². The molecule has 0 unspecified atom stereocenters. The van der Waals surface area contributed by atoms with Crippen molar-refractivity contribution < 1.29 is 23.8 Å². The number of thiophene rings is 2. The molecule has 2 aromatic heterocycles. The van der Waals surface area contributed by atoms with Gasteiger partial charge in [-0.15, -0.1) is 27.7 Å². The second-order valence-electron chi connectivity index (χ2n) is 6.71. The van der Waals surface area contributed by atoms with Gasteiger partial charge < -0.3 is 10.8 Å². The van der Waals surface area contributed by atoms with Gasteiger partial charge in [0.15, 0.2) is 21.6 Å². The third kappa shape index (κ3) is 5.74. The molecule has 0 bridgehead atoms. The monoisotopic (exact) mass is 501 g/mol.